The number of hydrogen-bond acceptors (Lipinski definition) is 3. The van der Waals surface area contributed by atoms with Crippen LogP contribution in [0.15, 0.2) is 0 Å². The molecule has 8 heteroatoms. The first-order valence-electron chi connectivity index (χ1n) is 0.612. The van der Waals surface area contributed by atoms with Crippen molar-refractivity contribution >= 4 is 43.9 Å². The Labute approximate surface area is 112 Å². The van der Waals surface area contributed by atoms with Gasteiger partial charge in [-0.3, -0.25) is 0 Å². The van der Waals surface area contributed by atoms with Gasteiger partial charge in [0.25, 0.3) is 0 Å². The van der Waals surface area contributed by atoms with Gasteiger partial charge in [-0.25, -0.2) is 0 Å². The van der Waals surface area contributed by atoms with E-state index in [2.05, 4.69) is 0 Å². The van der Waals surface area contributed by atoms with Crippen LogP contribution in [0.5, 0.6) is 0 Å². The molecule has 0 aliphatic carbocycles. The summed E-state index contributed by atoms with van der Waals surface area (Å²) >= 11 is 0. The second-order valence-electron chi connectivity index (χ2n) is 0.250. The van der Waals surface area contributed by atoms with Crippen molar-refractivity contribution in [3.05, 3.63) is 0 Å². The first kappa shape index (κ1) is 44.6. The van der Waals surface area contributed by atoms with Gasteiger partial charge in [-0.2, -0.15) is 0 Å². The molecule has 0 unspecified atom stereocenters. The van der Waals surface area contributed by atoms with Crippen LogP contribution in [0.4, 0.5) is 4.79 Å². The van der Waals surface area contributed by atoms with Gasteiger partial charge in [0, 0.05) is 0 Å². The molecule has 9 heavy (non-hydrogen) atoms. The van der Waals surface area contributed by atoms with Gasteiger partial charge in [-0.1, -0.05) is 0 Å². The maximum Gasteiger partial charge on any atom is 4.00 e. The Hall–Kier alpha value is 1.88. The molecule has 0 aliphatic heterocycles. The summed E-state index contributed by atoms with van der Waals surface area (Å²) in [5.41, 5.74) is 0. The topological polar surface area (TPSA) is 120 Å². The minimum atomic E-state index is -2.33. The zero-order chi connectivity index (χ0) is 3.58. The Balaban J connectivity index is -0.00000000450. The maximum atomic E-state index is 8.33. The first-order valence-corrected chi connectivity index (χ1v) is 0.612. The van der Waals surface area contributed by atoms with Gasteiger partial charge in [-0.05, 0) is 6.16 Å². The molecule has 0 saturated carbocycles. The third kappa shape index (κ3) is 174. The van der Waals surface area contributed by atoms with E-state index in [9.17, 15) is 0 Å². The van der Waals surface area contributed by atoms with Gasteiger partial charge in [0.2, 0.25) is 0 Å². The molecule has 40 valence electrons. The quantitative estimate of drug-likeness (QED) is 0.408. The fourth-order valence-corrected chi connectivity index (χ4v) is 0. The van der Waals surface area contributed by atoms with E-state index in [1.165, 1.54) is 0 Å². The van der Waals surface area contributed by atoms with Crippen molar-refractivity contribution in [2.75, 3.05) is 0 Å². The number of carbonyl (C=O) groups is 1. The Bertz CT molecular complexity index is 37.9. The van der Waals surface area contributed by atoms with E-state index in [1.807, 2.05) is 0 Å². The van der Waals surface area contributed by atoms with E-state index < -0.39 is 6.16 Å². The number of carbonyl (C=O) groups excluding carboxylic acids is 1. The van der Waals surface area contributed by atoms with Crippen LogP contribution in [0.1, 0.15) is 0 Å². The summed E-state index contributed by atoms with van der Waals surface area (Å²) in [6.45, 7) is 0. The Morgan fingerprint density at radius 3 is 1.00 bits per heavy atom. The maximum absolute atomic E-state index is 8.33. The van der Waals surface area contributed by atoms with Crippen LogP contribution in [0.25, 0.3) is 0 Å². The normalized spacial score (nSPS) is 2.67. The van der Waals surface area contributed by atoms with Crippen LogP contribution in [-0.4, -0.2) is 43.9 Å². The van der Waals surface area contributed by atoms with Gasteiger partial charge < -0.3 is 26.0 Å². The van der Waals surface area contributed by atoms with Crippen molar-refractivity contribution < 1.29 is 69.4 Å². The Kier molecular flexibility index (Phi) is 162. The molecule has 5 nitrogen and oxygen atoms in total. The van der Waals surface area contributed by atoms with Crippen LogP contribution < -0.4 is 10.2 Å². The van der Waals surface area contributed by atoms with Crippen LogP contribution in [0, 0.1) is 0 Å². The molecule has 0 aromatic carbocycles. The summed E-state index contributed by atoms with van der Waals surface area (Å²) in [4.78, 5) is 8.33. The summed E-state index contributed by atoms with van der Waals surface area (Å²) in [7, 11) is 0. The van der Waals surface area contributed by atoms with Crippen molar-refractivity contribution in [2.24, 2.45) is 0 Å². The molecular weight excluding hydrogens is 228 g/mol. The van der Waals surface area contributed by atoms with Crippen LogP contribution >= 0.6 is 0 Å². The number of carboxylic acid groups (broad SMARTS) is 2. The summed E-state index contributed by atoms with van der Waals surface area (Å²) in [6.07, 6.45) is -2.33. The van der Waals surface area contributed by atoms with Crippen molar-refractivity contribution in [3.63, 3.8) is 0 Å². The van der Waals surface area contributed by atoms with Crippen LogP contribution in [0.3, 0.4) is 0 Å². The van der Waals surface area contributed by atoms with Gasteiger partial charge in [0.15, 0.2) is 0 Å². The average molecular weight is 228 g/mol. The standard InChI is InChI=1S/CH2O3.Ca.2O.2Ti/c2-1(3)4;;;;;/h(H2,2,3,4);;;;;/q;+2;2*-2;2*+4/p-2. The van der Waals surface area contributed by atoms with Gasteiger partial charge in [-0.15, -0.1) is 0 Å². The van der Waals surface area contributed by atoms with Crippen molar-refractivity contribution in [3.8, 4) is 0 Å². The second-order valence-corrected chi connectivity index (χ2v) is 0.250. The summed E-state index contributed by atoms with van der Waals surface area (Å²) in [6, 6.07) is 0. The monoisotopic (exact) mass is 228 g/mol. The molecule has 0 aromatic heterocycles. The molecule has 0 spiro atoms. The summed E-state index contributed by atoms with van der Waals surface area (Å²) < 4.78 is 0. The molecule has 0 saturated heterocycles. The smallest absolute Gasteiger partial charge is 2.00 e. The number of rotatable bonds is 0. The third-order valence-corrected chi connectivity index (χ3v) is 0. The molecule has 0 bridgehead atoms. The van der Waals surface area contributed by atoms with Gasteiger partial charge in [0.05, 0.1) is 0 Å². The molecule has 0 radical (unpaired) electrons. The van der Waals surface area contributed by atoms with E-state index in [0.29, 0.717) is 0 Å². The average Bonchev–Trinajstić information content (AvgIpc) is 0.811. The summed E-state index contributed by atoms with van der Waals surface area (Å²) in [5, 5.41) is 16.7. The molecular formula is CCaO5Ti2+4. The molecule has 0 atom stereocenters. The van der Waals surface area contributed by atoms with Gasteiger partial charge in [0.1, 0.15) is 0 Å². The molecule has 0 N–H and O–H groups in total. The van der Waals surface area contributed by atoms with E-state index >= 15 is 0 Å². The summed E-state index contributed by atoms with van der Waals surface area (Å²) in [5.74, 6) is 0. The largest absolute Gasteiger partial charge is 4.00 e. The fraction of sp³-hybridized carbons (Fsp3) is 0. The minimum absolute atomic E-state index is 0. The van der Waals surface area contributed by atoms with E-state index in [4.69, 9.17) is 15.0 Å². The van der Waals surface area contributed by atoms with Crippen molar-refractivity contribution in [1.82, 2.24) is 0 Å². The van der Waals surface area contributed by atoms with Crippen molar-refractivity contribution in [2.45, 2.75) is 0 Å². The zero-order valence-electron chi connectivity index (χ0n) is 4.25. The van der Waals surface area contributed by atoms with E-state index in [0.717, 1.165) is 0 Å². The second kappa shape index (κ2) is 32.7. The molecule has 0 rings (SSSR count). The molecule has 0 amide bonds. The van der Waals surface area contributed by atoms with Crippen molar-refractivity contribution in [1.29, 1.82) is 0 Å². The predicted molar refractivity (Wildman–Crippen MR) is 12.5 cm³/mol. The Morgan fingerprint density at radius 1 is 1.00 bits per heavy atom. The fourth-order valence-electron chi connectivity index (χ4n) is 0. The minimum Gasteiger partial charge on any atom is -2.00 e. The first-order chi connectivity index (χ1) is 1.73. The molecule has 0 fully saturated rings. The zero-order valence-corrected chi connectivity index (χ0v) is 9.58. The predicted octanol–water partition coefficient (Wildman–Crippen LogP) is -3.07. The molecule has 0 aliphatic rings. The van der Waals surface area contributed by atoms with Crippen LogP contribution in [0.2, 0.25) is 0 Å². The van der Waals surface area contributed by atoms with E-state index in [-0.39, 0.29) is 92.1 Å². The Morgan fingerprint density at radius 2 is 1.00 bits per heavy atom. The number of hydrogen-bond donors (Lipinski definition) is 0. The van der Waals surface area contributed by atoms with E-state index in [1.54, 1.807) is 0 Å². The SMILES string of the molecule is O=C([O-])[O-].[Ca+2].[O-2].[O-2].[Ti+4].[Ti+4]. The van der Waals surface area contributed by atoms with Gasteiger partial charge >= 0.3 is 81.2 Å². The molecule has 0 aromatic rings. The third-order valence-electron chi connectivity index (χ3n) is 0. The van der Waals surface area contributed by atoms with Crippen LogP contribution in [-0.2, 0) is 54.4 Å². The molecule has 0 heterocycles.